The van der Waals surface area contributed by atoms with Gasteiger partial charge in [0.15, 0.2) is 5.96 Å². The van der Waals surface area contributed by atoms with Gasteiger partial charge < -0.3 is 20.7 Å². The Morgan fingerprint density at radius 1 is 1.00 bits per heavy atom. The fraction of sp³-hybridized carbons (Fsp3) is 0.850. The van der Waals surface area contributed by atoms with E-state index < -0.39 is 5.60 Å². The molecule has 0 radical (unpaired) electrons. The highest BCUT2D eigenvalue weighted by atomic mass is 16.6. The van der Waals surface area contributed by atoms with Crippen molar-refractivity contribution in [3.8, 4) is 0 Å². The number of nitrogens with zero attached hydrogens (tertiary/aromatic N) is 1. The van der Waals surface area contributed by atoms with Crippen molar-refractivity contribution in [2.75, 3.05) is 26.2 Å². The summed E-state index contributed by atoms with van der Waals surface area (Å²) in [6, 6.07) is 0. The van der Waals surface area contributed by atoms with Gasteiger partial charge in [0.25, 0.3) is 0 Å². The van der Waals surface area contributed by atoms with E-state index in [9.17, 15) is 9.59 Å². The Labute approximate surface area is 164 Å². The molecule has 7 nitrogen and oxygen atoms in total. The van der Waals surface area contributed by atoms with Crippen LogP contribution in [0.3, 0.4) is 0 Å². The smallest absolute Gasteiger partial charge is 0.306 e. The Morgan fingerprint density at radius 3 is 2.30 bits per heavy atom. The third-order valence-electron chi connectivity index (χ3n) is 3.99. The minimum atomic E-state index is -0.401. The van der Waals surface area contributed by atoms with Crippen LogP contribution in [0, 0.1) is 5.92 Å². The van der Waals surface area contributed by atoms with Crippen molar-refractivity contribution in [2.24, 2.45) is 10.9 Å². The Bertz CT molecular complexity index is 482. The molecule has 1 rings (SSSR count). The Hall–Kier alpha value is -1.79. The summed E-state index contributed by atoms with van der Waals surface area (Å²) in [5.74, 6) is 1.09. The van der Waals surface area contributed by atoms with Gasteiger partial charge in [0, 0.05) is 38.5 Å². The number of guanidine groups is 1. The fourth-order valence-corrected chi connectivity index (χ4v) is 2.52. The first kappa shape index (κ1) is 23.2. The number of nitrogens with one attached hydrogen (secondary N) is 3. The minimum Gasteiger partial charge on any atom is -0.460 e. The van der Waals surface area contributed by atoms with E-state index in [1.54, 1.807) is 0 Å². The molecular weight excluding hydrogens is 344 g/mol. The molecule has 3 N–H and O–H groups in total. The average Bonchev–Trinajstić information content (AvgIpc) is 3.40. The van der Waals surface area contributed by atoms with E-state index in [0.717, 1.165) is 57.6 Å². The van der Waals surface area contributed by atoms with E-state index >= 15 is 0 Å². The van der Waals surface area contributed by atoms with Crippen molar-refractivity contribution >= 4 is 17.8 Å². The first-order valence-electron chi connectivity index (χ1n) is 10.3. The molecule has 156 valence electrons. The van der Waals surface area contributed by atoms with Crippen LogP contribution in [0.2, 0.25) is 0 Å². The number of esters is 1. The van der Waals surface area contributed by atoms with Crippen LogP contribution in [0.15, 0.2) is 4.99 Å². The highest BCUT2D eigenvalue weighted by Crippen LogP contribution is 2.28. The van der Waals surface area contributed by atoms with Crippen molar-refractivity contribution in [2.45, 2.75) is 78.2 Å². The quantitative estimate of drug-likeness (QED) is 0.209. The third kappa shape index (κ3) is 13.1. The lowest BCUT2D eigenvalue weighted by Crippen LogP contribution is -2.41. The monoisotopic (exact) mass is 382 g/mol. The zero-order chi connectivity index (χ0) is 20.1. The zero-order valence-corrected chi connectivity index (χ0v) is 17.5. The van der Waals surface area contributed by atoms with Crippen LogP contribution in [0.5, 0.6) is 0 Å². The van der Waals surface area contributed by atoms with Crippen LogP contribution >= 0.6 is 0 Å². The molecular formula is C20H38N4O3. The van der Waals surface area contributed by atoms with Gasteiger partial charge in [0.1, 0.15) is 5.60 Å². The predicted octanol–water partition coefficient (Wildman–Crippen LogP) is 2.36. The summed E-state index contributed by atoms with van der Waals surface area (Å²) < 4.78 is 5.30. The van der Waals surface area contributed by atoms with Gasteiger partial charge in [-0.25, -0.2) is 0 Å². The molecule has 1 aliphatic carbocycles. The second-order valence-electron chi connectivity index (χ2n) is 8.00. The maximum absolute atomic E-state index is 11.6. The van der Waals surface area contributed by atoms with Crippen LogP contribution < -0.4 is 16.0 Å². The molecule has 1 amide bonds. The number of carbonyl (C=O) groups is 2. The minimum absolute atomic E-state index is 0.118. The standard InChI is InChI=1S/C20H38N4O3/c1-5-21-19(24-15-14-22-18(26)16-11-12-16)23-13-9-7-6-8-10-17(25)27-20(2,3)4/h16H,5-15H2,1-4H3,(H,22,26)(H2,21,23,24). The molecule has 0 unspecified atom stereocenters. The summed E-state index contributed by atoms with van der Waals surface area (Å²) in [6.07, 6.45) is 6.44. The summed E-state index contributed by atoms with van der Waals surface area (Å²) in [5, 5.41) is 9.38. The summed E-state index contributed by atoms with van der Waals surface area (Å²) in [7, 11) is 0. The fourth-order valence-electron chi connectivity index (χ4n) is 2.52. The molecule has 0 aliphatic heterocycles. The van der Waals surface area contributed by atoms with Gasteiger partial charge in [-0.2, -0.15) is 0 Å². The van der Waals surface area contributed by atoms with E-state index in [4.69, 9.17) is 4.74 Å². The first-order valence-corrected chi connectivity index (χ1v) is 10.3. The van der Waals surface area contributed by atoms with E-state index in [2.05, 4.69) is 20.9 Å². The van der Waals surface area contributed by atoms with Crippen LogP contribution in [-0.4, -0.2) is 49.6 Å². The summed E-state index contributed by atoms with van der Waals surface area (Å²) in [5.41, 5.74) is -0.401. The number of hydrogen-bond acceptors (Lipinski definition) is 4. The lowest BCUT2D eigenvalue weighted by molar-refractivity contribution is -0.154. The van der Waals surface area contributed by atoms with Gasteiger partial charge in [0.05, 0.1) is 0 Å². The number of hydrogen-bond donors (Lipinski definition) is 3. The number of carbonyl (C=O) groups excluding carboxylic acids is 2. The van der Waals surface area contributed by atoms with Crippen LogP contribution in [-0.2, 0) is 14.3 Å². The predicted molar refractivity (Wildman–Crippen MR) is 109 cm³/mol. The molecule has 0 bridgehead atoms. The number of ether oxygens (including phenoxy) is 1. The summed E-state index contributed by atoms with van der Waals surface area (Å²) in [4.78, 5) is 27.7. The number of aliphatic imine (C=N–C) groups is 1. The summed E-state index contributed by atoms with van der Waals surface area (Å²) in [6.45, 7) is 10.5. The van der Waals surface area contributed by atoms with Crippen molar-refractivity contribution in [1.29, 1.82) is 0 Å². The zero-order valence-electron chi connectivity index (χ0n) is 17.5. The lowest BCUT2D eigenvalue weighted by atomic mass is 10.1. The maximum atomic E-state index is 11.6. The molecule has 1 fully saturated rings. The Balaban J connectivity index is 2.06. The number of rotatable bonds is 12. The average molecular weight is 383 g/mol. The Kier molecular flexibility index (Phi) is 10.8. The largest absolute Gasteiger partial charge is 0.460 e. The molecule has 0 saturated heterocycles. The molecule has 0 aromatic carbocycles. The van der Waals surface area contributed by atoms with Gasteiger partial charge in [0.2, 0.25) is 5.91 Å². The molecule has 1 saturated carbocycles. The third-order valence-corrected chi connectivity index (χ3v) is 3.99. The van der Waals surface area contributed by atoms with Gasteiger partial charge in [-0.05, 0) is 53.4 Å². The molecule has 27 heavy (non-hydrogen) atoms. The van der Waals surface area contributed by atoms with Gasteiger partial charge in [-0.15, -0.1) is 0 Å². The molecule has 1 aliphatic rings. The number of unbranched alkanes of at least 4 members (excludes halogenated alkanes) is 3. The molecule has 0 spiro atoms. The topological polar surface area (TPSA) is 91.8 Å². The van der Waals surface area contributed by atoms with Crippen molar-refractivity contribution in [3.05, 3.63) is 0 Å². The molecule has 0 aromatic rings. The van der Waals surface area contributed by atoms with Gasteiger partial charge in [-0.1, -0.05) is 12.8 Å². The first-order chi connectivity index (χ1) is 12.8. The maximum Gasteiger partial charge on any atom is 0.306 e. The van der Waals surface area contributed by atoms with Crippen molar-refractivity contribution in [3.63, 3.8) is 0 Å². The van der Waals surface area contributed by atoms with E-state index in [1.807, 2.05) is 27.7 Å². The van der Waals surface area contributed by atoms with Crippen LogP contribution in [0.4, 0.5) is 0 Å². The van der Waals surface area contributed by atoms with E-state index in [0.29, 0.717) is 19.5 Å². The van der Waals surface area contributed by atoms with Crippen molar-refractivity contribution in [1.82, 2.24) is 16.0 Å². The second kappa shape index (κ2) is 12.6. The Morgan fingerprint density at radius 2 is 1.67 bits per heavy atom. The molecule has 7 heteroatoms. The molecule has 0 atom stereocenters. The van der Waals surface area contributed by atoms with E-state index in [1.165, 1.54) is 0 Å². The highest BCUT2D eigenvalue weighted by Gasteiger charge is 2.28. The van der Waals surface area contributed by atoms with E-state index in [-0.39, 0.29) is 17.8 Å². The normalized spacial score (nSPS) is 14.6. The number of amides is 1. The lowest BCUT2D eigenvalue weighted by Gasteiger charge is -2.19. The van der Waals surface area contributed by atoms with Gasteiger partial charge >= 0.3 is 5.97 Å². The highest BCUT2D eigenvalue weighted by molar-refractivity contribution is 5.81. The summed E-state index contributed by atoms with van der Waals surface area (Å²) >= 11 is 0. The second-order valence-corrected chi connectivity index (χ2v) is 8.00. The van der Waals surface area contributed by atoms with Crippen molar-refractivity contribution < 1.29 is 14.3 Å². The van der Waals surface area contributed by atoms with Gasteiger partial charge in [-0.3, -0.25) is 14.6 Å². The SMILES string of the molecule is CCNC(=NCCCCCCC(=O)OC(C)(C)C)NCCNC(=O)C1CC1. The van der Waals surface area contributed by atoms with Crippen LogP contribution in [0.25, 0.3) is 0 Å². The molecule has 0 aromatic heterocycles. The molecule has 0 heterocycles. The van der Waals surface area contributed by atoms with Crippen LogP contribution in [0.1, 0.15) is 72.6 Å².